The van der Waals surface area contributed by atoms with E-state index in [1.54, 1.807) is 12.3 Å². The predicted octanol–water partition coefficient (Wildman–Crippen LogP) is 1.18. The SMILES string of the molecule is O=[N+]([O-])c1cccnc1N1CC2CCCNC2C1. The number of piperidine rings is 1. The molecule has 18 heavy (non-hydrogen) atoms. The largest absolute Gasteiger partial charge is 0.349 e. The summed E-state index contributed by atoms with van der Waals surface area (Å²) in [4.78, 5) is 16.9. The van der Waals surface area contributed by atoms with Crippen LogP contribution in [0.5, 0.6) is 0 Å². The Balaban J connectivity index is 1.85. The van der Waals surface area contributed by atoms with Crippen molar-refractivity contribution in [2.45, 2.75) is 18.9 Å². The van der Waals surface area contributed by atoms with Crippen LogP contribution in [0.1, 0.15) is 12.8 Å². The van der Waals surface area contributed by atoms with Gasteiger partial charge in [0.1, 0.15) is 0 Å². The molecule has 96 valence electrons. The number of anilines is 1. The molecule has 2 aliphatic rings. The maximum absolute atomic E-state index is 11.0. The zero-order valence-corrected chi connectivity index (χ0v) is 10.1. The second kappa shape index (κ2) is 4.53. The molecule has 2 atom stereocenters. The highest BCUT2D eigenvalue weighted by Crippen LogP contribution is 2.32. The zero-order valence-electron chi connectivity index (χ0n) is 10.1. The van der Waals surface area contributed by atoms with Crippen molar-refractivity contribution in [2.75, 3.05) is 24.5 Å². The van der Waals surface area contributed by atoms with Crippen molar-refractivity contribution >= 4 is 11.5 Å². The third-order valence-electron chi connectivity index (χ3n) is 3.86. The molecule has 0 spiro atoms. The number of hydrogen-bond donors (Lipinski definition) is 1. The Morgan fingerprint density at radius 1 is 1.50 bits per heavy atom. The van der Waals surface area contributed by atoms with Gasteiger partial charge in [0.25, 0.3) is 0 Å². The Labute approximate surface area is 105 Å². The molecule has 2 fully saturated rings. The second-order valence-corrected chi connectivity index (χ2v) is 4.97. The predicted molar refractivity (Wildman–Crippen MR) is 67.6 cm³/mol. The molecule has 0 aromatic carbocycles. The van der Waals surface area contributed by atoms with Crippen LogP contribution in [0.25, 0.3) is 0 Å². The smallest absolute Gasteiger partial charge is 0.311 e. The molecule has 3 heterocycles. The molecule has 6 nitrogen and oxygen atoms in total. The summed E-state index contributed by atoms with van der Waals surface area (Å²) < 4.78 is 0. The molecule has 0 bridgehead atoms. The van der Waals surface area contributed by atoms with Gasteiger partial charge in [0.2, 0.25) is 5.82 Å². The van der Waals surface area contributed by atoms with Gasteiger partial charge in [-0.2, -0.15) is 0 Å². The summed E-state index contributed by atoms with van der Waals surface area (Å²) in [7, 11) is 0. The van der Waals surface area contributed by atoms with Crippen LogP contribution in [0.4, 0.5) is 11.5 Å². The first-order chi connectivity index (χ1) is 8.75. The van der Waals surface area contributed by atoms with Crippen LogP contribution in [0.3, 0.4) is 0 Å². The number of nitrogens with one attached hydrogen (secondary N) is 1. The van der Waals surface area contributed by atoms with E-state index in [-0.39, 0.29) is 10.6 Å². The Morgan fingerprint density at radius 3 is 3.17 bits per heavy atom. The summed E-state index contributed by atoms with van der Waals surface area (Å²) in [5, 5.41) is 14.5. The zero-order chi connectivity index (χ0) is 12.5. The second-order valence-electron chi connectivity index (χ2n) is 4.97. The van der Waals surface area contributed by atoms with Crippen LogP contribution in [0.2, 0.25) is 0 Å². The van der Waals surface area contributed by atoms with E-state index in [1.165, 1.54) is 18.9 Å². The summed E-state index contributed by atoms with van der Waals surface area (Å²) in [5.74, 6) is 1.11. The third kappa shape index (κ3) is 1.92. The van der Waals surface area contributed by atoms with Gasteiger partial charge in [-0.1, -0.05) is 0 Å². The lowest BCUT2D eigenvalue weighted by Gasteiger charge is -2.24. The monoisotopic (exact) mass is 248 g/mol. The number of rotatable bonds is 2. The standard InChI is InChI=1S/C12H16N4O2/c17-16(18)11-4-2-6-14-12(11)15-7-9-3-1-5-13-10(9)8-15/h2,4,6,9-10,13H,1,3,5,7-8H2. The highest BCUT2D eigenvalue weighted by molar-refractivity contribution is 5.58. The van der Waals surface area contributed by atoms with Crippen molar-refractivity contribution in [1.29, 1.82) is 0 Å². The van der Waals surface area contributed by atoms with Crippen molar-refractivity contribution in [1.82, 2.24) is 10.3 Å². The lowest BCUT2D eigenvalue weighted by molar-refractivity contribution is -0.384. The summed E-state index contributed by atoms with van der Waals surface area (Å²) in [6.07, 6.45) is 4.02. The van der Waals surface area contributed by atoms with E-state index in [2.05, 4.69) is 10.3 Å². The fourth-order valence-electron chi connectivity index (χ4n) is 2.99. The first-order valence-corrected chi connectivity index (χ1v) is 6.33. The number of nitrogens with zero attached hydrogens (tertiary/aromatic N) is 3. The van der Waals surface area contributed by atoms with E-state index in [0.29, 0.717) is 17.8 Å². The van der Waals surface area contributed by atoms with Crippen LogP contribution < -0.4 is 10.2 Å². The molecule has 1 N–H and O–H groups in total. The molecular weight excluding hydrogens is 232 g/mol. The molecule has 1 aromatic heterocycles. The number of aromatic nitrogens is 1. The van der Waals surface area contributed by atoms with E-state index >= 15 is 0 Å². The molecular formula is C12H16N4O2. The summed E-state index contributed by atoms with van der Waals surface area (Å²) >= 11 is 0. The van der Waals surface area contributed by atoms with Gasteiger partial charge in [0.05, 0.1) is 4.92 Å². The lowest BCUT2D eigenvalue weighted by atomic mass is 9.94. The van der Waals surface area contributed by atoms with E-state index in [1.807, 2.05) is 4.90 Å². The lowest BCUT2D eigenvalue weighted by Crippen LogP contribution is -2.40. The highest BCUT2D eigenvalue weighted by atomic mass is 16.6. The first-order valence-electron chi connectivity index (χ1n) is 6.33. The molecule has 0 aliphatic carbocycles. The van der Waals surface area contributed by atoms with Crippen LogP contribution >= 0.6 is 0 Å². The molecule has 0 radical (unpaired) electrons. The van der Waals surface area contributed by atoms with Crippen molar-refractivity contribution in [3.63, 3.8) is 0 Å². The van der Waals surface area contributed by atoms with Gasteiger partial charge < -0.3 is 10.2 Å². The molecule has 0 saturated carbocycles. The van der Waals surface area contributed by atoms with Gasteiger partial charge >= 0.3 is 5.69 Å². The van der Waals surface area contributed by atoms with Crippen molar-refractivity contribution in [3.8, 4) is 0 Å². The van der Waals surface area contributed by atoms with Gasteiger partial charge in [0, 0.05) is 31.4 Å². The summed E-state index contributed by atoms with van der Waals surface area (Å²) in [6, 6.07) is 3.60. The Kier molecular flexibility index (Phi) is 2.87. The number of pyridine rings is 1. The van der Waals surface area contributed by atoms with Crippen LogP contribution in [-0.4, -0.2) is 35.6 Å². The number of hydrogen-bond acceptors (Lipinski definition) is 5. The van der Waals surface area contributed by atoms with E-state index in [9.17, 15) is 10.1 Å². The van der Waals surface area contributed by atoms with Gasteiger partial charge in [-0.05, 0) is 31.4 Å². The van der Waals surface area contributed by atoms with E-state index in [4.69, 9.17) is 0 Å². The minimum absolute atomic E-state index is 0.108. The fraction of sp³-hybridized carbons (Fsp3) is 0.583. The maximum Gasteiger partial charge on any atom is 0.311 e. The van der Waals surface area contributed by atoms with Crippen molar-refractivity contribution in [3.05, 3.63) is 28.4 Å². The quantitative estimate of drug-likeness (QED) is 0.628. The Morgan fingerprint density at radius 2 is 2.39 bits per heavy atom. The van der Waals surface area contributed by atoms with E-state index in [0.717, 1.165) is 19.6 Å². The molecule has 1 aromatic rings. The van der Waals surface area contributed by atoms with Gasteiger partial charge in [0.15, 0.2) is 0 Å². The molecule has 0 amide bonds. The molecule has 6 heteroatoms. The topological polar surface area (TPSA) is 71.3 Å². The normalized spacial score (nSPS) is 27.0. The van der Waals surface area contributed by atoms with Crippen LogP contribution in [0.15, 0.2) is 18.3 Å². The minimum atomic E-state index is -0.349. The van der Waals surface area contributed by atoms with Crippen LogP contribution in [0, 0.1) is 16.0 Å². The number of fused-ring (bicyclic) bond motifs is 1. The third-order valence-corrected chi connectivity index (χ3v) is 3.86. The van der Waals surface area contributed by atoms with Crippen molar-refractivity contribution in [2.24, 2.45) is 5.92 Å². The van der Waals surface area contributed by atoms with Crippen LogP contribution in [-0.2, 0) is 0 Å². The van der Waals surface area contributed by atoms with Crippen molar-refractivity contribution < 1.29 is 4.92 Å². The average molecular weight is 248 g/mol. The first kappa shape index (κ1) is 11.4. The number of nitro groups is 1. The highest BCUT2D eigenvalue weighted by Gasteiger charge is 2.36. The Bertz CT molecular complexity index is 451. The molecule has 2 saturated heterocycles. The molecule has 2 unspecified atom stereocenters. The fourth-order valence-corrected chi connectivity index (χ4v) is 2.99. The average Bonchev–Trinajstić information content (AvgIpc) is 2.82. The maximum atomic E-state index is 11.0. The van der Waals surface area contributed by atoms with E-state index < -0.39 is 0 Å². The molecule has 2 aliphatic heterocycles. The van der Waals surface area contributed by atoms with Gasteiger partial charge in [-0.3, -0.25) is 10.1 Å². The summed E-state index contributed by atoms with van der Waals surface area (Å²) in [5.41, 5.74) is 0.108. The van der Waals surface area contributed by atoms with Gasteiger partial charge in [-0.25, -0.2) is 4.98 Å². The Hall–Kier alpha value is -1.69. The summed E-state index contributed by atoms with van der Waals surface area (Å²) in [6.45, 7) is 2.75. The van der Waals surface area contributed by atoms with Gasteiger partial charge in [-0.15, -0.1) is 0 Å². The minimum Gasteiger partial charge on any atom is -0.349 e. The molecule has 3 rings (SSSR count).